The highest BCUT2D eigenvalue weighted by Crippen LogP contribution is 2.31. The molecule has 1 saturated heterocycles. The summed E-state index contributed by atoms with van der Waals surface area (Å²) in [5.74, 6) is 2.22. The first kappa shape index (κ1) is 15.8. The molecule has 2 fully saturated rings. The number of rotatable bonds is 6. The summed E-state index contributed by atoms with van der Waals surface area (Å²) in [6, 6.07) is 3.12. The van der Waals surface area contributed by atoms with E-state index in [0.717, 1.165) is 31.0 Å². The summed E-state index contributed by atoms with van der Waals surface area (Å²) in [7, 11) is 1.86. The molecule has 122 valence electrons. The first-order chi connectivity index (χ1) is 10.8. The Labute approximate surface area is 138 Å². The average Bonchev–Trinajstić information content (AvgIpc) is 3.05. The van der Waals surface area contributed by atoms with E-state index in [9.17, 15) is 0 Å². The smallest absolute Gasteiger partial charge is 0.191 e. The fourth-order valence-electron chi connectivity index (χ4n) is 3.19. The quantitative estimate of drug-likeness (QED) is 0.625. The number of nitrogens with one attached hydrogen (secondary N) is 2. The van der Waals surface area contributed by atoms with Crippen molar-refractivity contribution in [2.75, 3.05) is 33.2 Å². The summed E-state index contributed by atoms with van der Waals surface area (Å²) >= 11 is 1.76. The second kappa shape index (κ2) is 7.47. The van der Waals surface area contributed by atoms with Crippen molar-refractivity contribution in [3.8, 4) is 0 Å². The molecule has 0 spiro atoms. The molecular formula is C17H28N4S. The van der Waals surface area contributed by atoms with Crippen LogP contribution in [0.4, 0.5) is 0 Å². The Morgan fingerprint density at radius 2 is 2.27 bits per heavy atom. The lowest BCUT2D eigenvalue weighted by atomic mass is 10.1. The molecule has 5 heteroatoms. The van der Waals surface area contributed by atoms with Crippen molar-refractivity contribution in [1.29, 1.82) is 0 Å². The molecule has 0 radical (unpaired) electrons. The van der Waals surface area contributed by atoms with Crippen LogP contribution in [0, 0.1) is 5.92 Å². The molecular weight excluding hydrogens is 292 g/mol. The Bertz CT molecular complexity index is 481. The number of likely N-dealkylation sites (tertiary alicyclic amines) is 1. The summed E-state index contributed by atoms with van der Waals surface area (Å²) in [5.41, 5.74) is 1.41. The van der Waals surface area contributed by atoms with Gasteiger partial charge in [-0.2, -0.15) is 11.3 Å². The van der Waals surface area contributed by atoms with Gasteiger partial charge in [0, 0.05) is 32.7 Å². The van der Waals surface area contributed by atoms with Crippen LogP contribution in [0.25, 0.3) is 0 Å². The molecule has 1 aliphatic carbocycles. The number of nitrogens with zero attached hydrogens (tertiary/aromatic N) is 2. The third-order valence-electron chi connectivity index (χ3n) is 4.85. The highest BCUT2D eigenvalue weighted by Gasteiger charge is 2.34. The van der Waals surface area contributed by atoms with Crippen molar-refractivity contribution in [2.24, 2.45) is 10.9 Å². The van der Waals surface area contributed by atoms with Gasteiger partial charge in [0.2, 0.25) is 0 Å². The number of hydrogen-bond donors (Lipinski definition) is 2. The first-order valence-electron chi connectivity index (χ1n) is 8.47. The lowest BCUT2D eigenvalue weighted by Crippen LogP contribution is -2.41. The van der Waals surface area contributed by atoms with Gasteiger partial charge in [-0.05, 0) is 60.0 Å². The van der Waals surface area contributed by atoms with Crippen molar-refractivity contribution in [2.45, 2.75) is 38.1 Å². The third-order valence-corrected chi connectivity index (χ3v) is 5.55. The van der Waals surface area contributed by atoms with Crippen LogP contribution >= 0.6 is 11.3 Å². The lowest BCUT2D eigenvalue weighted by Gasteiger charge is -2.18. The van der Waals surface area contributed by atoms with E-state index in [0.29, 0.717) is 5.92 Å². The molecule has 2 aliphatic rings. The molecule has 1 aliphatic heterocycles. The van der Waals surface area contributed by atoms with Gasteiger partial charge in [-0.15, -0.1) is 0 Å². The predicted octanol–water partition coefficient (Wildman–Crippen LogP) is 2.50. The number of aliphatic imine (C=N–C) groups is 1. The van der Waals surface area contributed by atoms with Crippen molar-refractivity contribution < 1.29 is 0 Å². The van der Waals surface area contributed by atoms with Gasteiger partial charge in [-0.25, -0.2) is 0 Å². The molecule has 22 heavy (non-hydrogen) atoms. The minimum Gasteiger partial charge on any atom is -0.356 e. The summed E-state index contributed by atoms with van der Waals surface area (Å²) in [5, 5.41) is 11.3. The summed E-state index contributed by atoms with van der Waals surface area (Å²) in [6.45, 7) is 6.77. The van der Waals surface area contributed by atoms with Gasteiger partial charge < -0.3 is 15.5 Å². The maximum atomic E-state index is 4.35. The van der Waals surface area contributed by atoms with Crippen LogP contribution in [-0.4, -0.2) is 50.1 Å². The molecule has 1 aromatic rings. The Hall–Kier alpha value is -1.07. The SMILES string of the molecule is CN=C(NCC1CCN(C2CC2)C1)NCC(C)c1ccsc1. The molecule has 0 aromatic carbocycles. The van der Waals surface area contributed by atoms with E-state index in [1.165, 1.54) is 37.9 Å². The highest BCUT2D eigenvalue weighted by atomic mass is 32.1. The van der Waals surface area contributed by atoms with E-state index in [1.54, 1.807) is 11.3 Å². The number of thiophene rings is 1. The zero-order valence-electron chi connectivity index (χ0n) is 13.7. The predicted molar refractivity (Wildman–Crippen MR) is 94.8 cm³/mol. The van der Waals surface area contributed by atoms with E-state index in [1.807, 2.05) is 7.05 Å². The Kier molecular flexibility index (Phi) is 5.37. The van der Waals surface area contributed by atoms with Crippen LogP contribution in [0.3, 0.4) is 0 Å². The lowest BCUT2D eigenvalue weighted by molar-refractivity contribution is 0.314. The highest BCUT2D eigenvalue weighted by molar-refractivity contribution is 7.07. The monoisotopic (exact) mass is 320 g/mol. The summed E-state index contributed by atoms with van der Waals surface area (Å²) in [6.07, 6.45) is 4.17. The van der Waals surface area contributed by atoms with Crippen molar-refractivity contribution in [1.82, 2.24) is 15.5 Å². The fourth-order valence-corrected chi connectivity index (χ4v) is 3.97. The maximum absolute atomic E-state index is 4.35. The zero-order chi connectivity index (χ0) is 15.4. The van der Waals surface area contributed by atoms with Gasteiger partial charge in [0.05, 0.1) is 0 Å². The van der Waals surface area contributed by atoms with Gasteiger partial charge in [0.25, 0.3) is 0 Å². The van der Waals surface area contributed by atoms with Gasteiger partial charge in [-0.3, -0.25) is 4.99 Å². The molecule has 2 unspecified atom stereocenters. The van der Waals surface area contributed by atoms with Crippen molar-refractivity contribution in [3.63, 3.8) is 0 Å². The fraction of sp³-hybridized carbons (Fsp3) is 0.706. The van der Waals surface area contributed by atoms with E-state index >= 15 is 0 Å². The van der Waals surface area contributed by atoms with Crippen molar-refractivity contribution in [3.05, 3.63) is 22.4 Å². The molecule has 0 bridgehead atoms. The topological polar surface area (TPSA) is 39.7 Å². The standard InChI is InChI=1S/C17H28N4S/c1-13(15-6-8-22-12-15)9-19-17(18-2)20-10-14-5-7-21(11-14)16-3-4-16/h6,8,12-14,16H,3-5,7,9-11H2,1-2H3,(H2,18,19,20). The van der Waals surface area contributed by atoms with Gasteiger partial charge in [0.1, 0.15) is 0 Å². The molecule has 0 amide bonds. The van der Waals surface area contributed by atoms with Crippen LogP contribution < -0.4 is 10.6 Å². The second-order valence-corrected chi connectivity index (χ2v) is 7.45. The first-order valence-corrected chi connectivity index (χ1v) is 9.41. The molecule has 3 rings (SSSR count). The van der Waals surface area contributed by atoms with Gasteiger partial charge in [-0.1, -0.05) is 6.92 Å². The average molecular weight is 321 g/mol. The normalized spacial score (nSPS) is 24.5. The maximum Gasteiger partial charge on any atom is 0.191 e. The zero-order valence-corrected chi connectivity index (χ0v) is 14.5. The molecule has 2 heterocycles. The molecule has 1 saturated carbocycles. The van der Waals surface area contributed by atoms with Crippen LogP contribution in [0.2, 0.25) is 0 Å². The largest absolute Gasteiger partial charge is 0.356 e. The molecule has 4 nitrogen and oxygen atoms in total. The summed E-state index contributed by atoms with van der Waals surface area (Å²) in [4.78, 5) is 7.02. The third kappa shape index (κ3) is 4.23. The molecule has 2 atom stereocenters. The Morgan fingerprint density at radius 3 is 2.95 bits per heavy atom. The van der Waals surface area contributed by atoms with Gasteiger partial charge in [0.15, 0.2) is 5.96 Å². The molecule has 1 aromatic heterocycles. The van der Waals surface area contributed by atoms with Crippen LogP contribution in [0.1, 0.15) is 37.7 Å². The van der Waals surface area contributed by atoms with E-state index < -0.39 is 0 Å². The van der Waals surface area contributed by atoms with Crippen LogP contribution in [0.15, 0.2) is 21.8 Å². The summed E-state index contributed by atoms with van der Waals surface area (Å²) < 4.78 is 0. The second-order valence-electron chi connectivity index (χ2n) is 6.67. The number of guanidine groups is 1. The number of hydrogen-bond acceptors (Lipinski definition) is 3. The minimum absolute atomic E-state index is 0.515. The van der Waals surface area contributed by atoms with Crippen molar-refractivity contribution >= 4 is 17.3 Å². The Balaban J connectivity index is 1.37. The Morgan fingerprint density at radius 1 is 1.41 bits per heavy atom. The van der Waals surface area contributed by atoms with E-state index in [4.69, 9.17) is 0 Å². The van der Waals surface area contributed by atoms with Gasteiger partial charge >= 0.3 is 0 Å². The van der Waals surface area contributed by atoms with Crippen LogP contribution in [0.5, 0.6) is 0 Å². The van der Waals surface area contributed by atoms with E-state index in [2.05, 4.69) is 44.3 Å². The minimum atomic E-state index is 0.515. The molecule has 2 N–H and O–H groups in total. The van der Waals surface area contributed by atoms with E-state index in [-0.39, 0.29) is 0 Å². The van der Waals surface area contributed by atoms with Crippen LogP contribution in [-0.2, 0) is 0 Å².